The van der Waals surface area contributed by atoms with Crippen molar-refractivity contribution in [3.8, 4) is 11.3 Å². The summed E-state index contributed by atoms with van der Waals surface area (Å²) in [5.74, 6) is -1.82. The molecular weight excluding hydrogens is 540 g/mol. The minimum absolute atomic E-state index is 0.0133. The SMILES string of the molecule is CCCC(OC(=O)c1cc(-c2ccc(N3C(=O)C4CC=CC(C)C4C3=O)cc2)nc2ccccc12)C(=O)c1ccccc1. The van der Waals surface area contributed by atoms with Crippen LogP contribution in [0.5, 0.6) is 0 Å². The van der Waals surface area contributed by atoms with Gasteiger partial charge in [0.15, 0.2) is 6.10 Å². The normalized spacial score (nSPS) is 20.2. The number of anilines is 1. The van der Waals surface area contributed by atoms with E-state index >= 15 is 0 Å². The molecule has 2 heterocycles. The van der Waals surface area contributed by atoms with Gasteiger partial charge in [-0.3, -0.25) is 19.3 Å². The number of imide groups is 1. The molecule has 3 aromatic carbocycles. The van der Waals surface area contributed by atoms with E-state index in [-0.39, 0.29) is 35.4 Å². The van der Waals surface area contributed by atoms with Crippen LogP contribution >= 0.6 is 0 Å². The van der Waals surface area contributed by atoms with Gasteiger partial charge in [-0.15, -0.1) is 0 Å². The molecule has 7 nitrogen and oxygen atoms in total. The van der Waals surface area contributed by atoms with Crippen molar-refractivity contribution in [3.63, 3.8) is 0 Å². The van der Waals surface area contributed by atoms with Crippen LogP contribution in [0.4, 0.5) is 5.69 Å². The van der Waals surface area contributed by atoms with Gasteiger partial charge in [-0.25, -0.2) is 9.78 Å². The highest BCUT2D eigenvalue weighted by Gasteiger charge is 2.50. The van der Waals surface area contributed by atoms with Crippen molar-refractivity contribution in [1.82, 2.24) is 4.98 Å². The summed E-state index contributed by atoms with van der Waals surface area (Å²) in [4.78, 5) is 59.3. The molecule has 216 valence electrons. The standard InChI is InChI=1S/C36H32N2O5/c1-3-10-31(33(39)24-12-5-4-6-13-24)43-36(42)28-21-30(37-29-16-8-7-14-26(28)29)23-17-19-25(20-18-23)38-34(40)27-15-9-11-22(2)32(27)35(38)41/h4-9,11-14,16-22,27,31-32H,3,10,15H2,1-2H3. The summed E-state index contributed by atoms with van der Waals surface area (Å²) in [6.07, 6.45) is 4.73. The first-order valence-corrected chi connectivity index (χ1v) is 14.7. The van der Waals surface area contributed by atoms with Crippen LogP contribution in [0.1, 0.15) is 53.8 Å². The summed E-state index contributed by atoms with van der Waals surface area (Å²) < 4.78 is 5.85. The second-order valence-electron chi connectivity index (χ2n) is 11.2. The molecule has 7 heteroatoms. The van der Waals surface area contributed by atoms with Crippen molar-refractivity contribution in [1.29, 1.82) is 0 Å². The Balaban J connectivity index is 1.30. The monoisotopic (exact) mass is 572 g/mol. The van der Waals surface area contributed by atoms with E-state index in [0.29, 0.717) is 58.2 Å². The van der Waals surface area contributed by atoms with Gasteiger partial charge in [0.25, 0.3) is 0 Å². The highest BCUT2D eigenvalue weighted by molar-refractivity contribution is 6.22. The Hall–Kier alpha value is -4.91. The van der Waals surface area contributed by atoms with Gasteiger partial charge in [0.2, 0.25) is 17.6 Å². The van der Waals surface area contributed by atoms with E-state index in [2.05, 4.69) is 0 Å². The highest BCUT2D eigenvalue weighted by atomic mass is 16.5. The molecule has 0 spiro atoms. The zero-order valence-corrected chi connectivity index (χ0v) is 24.1. The Labute approximate surface area is 250 Å². The van der Waals surface area contributed by atoms with Crippen LogP contribution in [0.3, 0.4) is 0 Å². The number of carbonyl (C=O) groups is 4. The van der Waals surface area contributed by atoms with Crippen molar-refractivity contribution in [2.75, 3.05) is 4.90 Å². The summed E-state index contributed by atoms with van der Waals surface area (Å²) >= 11 is 0. The lowest BCUT2D eigenvalue weighted by Crippen LogP contribution is -2.31. The smallest absolute Gasteiger partial charge is 0.339 e. The topological polar surface area (TPSA) is 93.6 Å². The number of hydrogen-bond donors (Lipinski definition) is 0. The molecule has 1 aromatic heterocycles. The fourth-order valence-corrected chi connectivity index (χ4v) is 6.16. The van der Waals surface area contributed by atoms with E-state index in [1.165, 1.54) is 4.90 Å². The molecule has 2 aliphatic rings. The number of para-hydroxylation sites is 1. The Kier molecular flexibility index (Phi) is 7.72. The number of allylic oxidation sites excluding steroid dienone is 2. The minimum atomic E-state index is -0.910. The molecule has 43 heavy (non-hydrogen) atoms. The molecule has 0 N–H and O–H groups in total. The van der Waals surface area contributed by atoms with Crippen LogP contribution in [0, 0.1) is 17.8 Å². The number of aromatic nitrogens is 1. The van der Waals surface area contributed by atoms with Gasteiger partial charge < -0.3 is 4.74 Å². The van der Waals surface area contributed by atoms with Gasteiger partial charge in [-0.1, -0.05) is 93.1 Å². The summed E-state index contributed by atoms with van der Waals surface area (Å²) in [6.45, 7) is 3.92. The van der Waals surface area contributed by atoms with Gasteiger partial charge in [-0.2, -0.15) is 0 Å². The average Bonchev–Trinajstić information content (AvgIpc) is 3.30. The van der Waals surface area contributed by atoms with Crippen molar-refractivity contribution in [3.05, 3.63) is 108 Å². The summed E-state index contributed by atoms with van der Waals surface area (Å²) in [6, 6.07) is 24.9. The van der Waals surface area contributed by atoms with Crippen LogP contribution in [-0.2, 0) is 14.3 Å². The van der Waals surface area contributed by atoms with E-state index in [1.54, 1.807) is 60.7 Å². The third-order valence-electron chi connectivity index (χ3n) is 8.38. The van der Waals surface area contributed by atoms with Crippen LogP contribution in [-0.4, -0.2) is 34.7 Å². The van der Waals surface area contributed by atoms with Gasteiger partial charge in [0.1, 0.15) is 0 Å². The predicted octanol–water partition coefficient (Wildman–Crippen LogP) is 6.81. The highest BCUT2D eigenvalue weighted by Crippen LogP contribution is 2.40. The Bertz CT molecular complexity index is 1750. The first-order chi connectivity index (χ1) is 20.9. The van der Waals surface area contributed by atoms with Gasteiger partial charge in [-0.05, 0) is 43.0 Å². The second kappa shape index (κ2) is 11.8. The first-order valence-electron chi connectivity index (χ1n) is 14.7. The van der Waals surface area contributed by atoms with Crippen molar-refractivity contribution >= 4 is 40.2 Å². The van der Waals surface area contributed by atoms with Crippen LogP contribution in [0.15, 0.2) is 97.1 Å². The number of ether oxygens (including phenoxy) is 1. The number of Topliss-reactive ketones (excluding diaryl/α,β-unsaturated/α-hetero) is 1. The number of amides is 2. The number of hydrogen-bond acceptors (Lipinski definition) is 6. The van der Waals surface area contributed by atoms with E-state index in [4.69, 9.17) is 9.72 Å². The lowest BCUT2D eigenvalue weighted by atomic mass is 9.78. The van der Waals surface area contributed by atoms with Crippen LogP contribution in [0.25, 0.3) is 22.2 Å². The number of ketones is 1. The molecule has 1 fully saturated rings. The Morgan fingerprint density at radius 2 is 1.67 bits per heavy atom. The first kappa shape index (κ1) is 28.2. The van der Waals surface area contributed by atoms with Gasteiger partial charge >= 0.3 is 5.97 Å². The van der Waals surface area contributed by atoms with Gasteiger partial charge in [0, 0.05) is 16.5 Å². The molecule has 6 rings (SSSR count). The molecule has 1 aliphatic carbocycles. The maximum absolute atomic E-state index is 13.6. The lowest BCUT2D eigenvalue weighted by molar-refractivity contribution is -0.122. The minimum Gasteiger partial charge on any atom is -0.450 e. The zero-order valence-electron chi connectivity index (χ0n) is 24.1. The van der Waals surface area contributed by atoms with E-state index in [0.717, 1.165) is 0 Å². The number of benzene rings is 3. The predicted molar refractivity (Wildman–Crippen MR) is 164 cm³/mol. The molecule has 0 radical (unpaired) electrons. The third-order valence-corrected chi connectivity index (χ3v) is 8.38. The number of nitrogens with zero attached hydrogens (tertiary/aromatic N) is 2. The summed E-state index contributed by atoms with van der Waals surface area (Å²) in [5.41, 5.74) is 3.16. The van der Waals surface area contributed by atoms with Crippen LogP contribution in [0.2, 0.25) is 0 Å². The molecule has 4 atom stereocenters. The number of carbonyl (C=O) groups excluding carboxylic acids is 4. The molecule has 0 bridgehead atoms. The molecule has 2 amide bonds. The fraction of sp³-hybridized carbons (Fsp3) is 0.250. The lowest BCUT2D eigenvalue weighted by Gasteiger charge is -2.22. The largest absolute Gasteiger partial charge is 0.450 e. The maximum atomic E-state index is 13.6. The van der Waals surface area contributed by atoms with Crippen molar-refractivity contribution in [2.24, 2.45) is 17.8 Å². The Morgan fingerprint density at radius 3 is 2.40 bits per heavy atom. The number of rotatable bonds is 8. The molecule has 1 saturated heterocycles. The zero-order chi connectivity index (χ0) is 30.1. The van der Waals surface area contributed by atoms with E-state index in [1.807, 2.05) is 50.3 Å². The maximum Gasteiger partial charge on any atom is 0.339 e. The van der Waals surface area contributed by atoms with E-state index in [9.17, 15) is 19.2 Å². The molecule has 4 unspecified atom stereocenters. The van der Waals surface area contributed by atoms with Crippen LogP contribution < -0.4 is 4.90 Å². The van der Waals surface area contributed by atoms with Crippen molar-refractivity contribution in [2.45, 2.75) is 39.2 Å². The van der Waals surface area contributed by atoms with Crippen molar-refractivity contribution < 1.29 is 23.9 Å². The quantitative estimate of drug-likeness (QED) is 0.0996. The Morgan fingerprint density at radius 1 is 0.953 bits per heavy atom. The van der Waals surface area contributed by atoms with E-state index < -0.39 is 12.1 Å². The molecule has 4 aromatic rings. The number of pyridine rings is 1. The summed E-state index contributed by atoms with van der Waals surface area (Å²) in [5, 5.41) is 0.619. The number of esters is 1. The molecule has 1 aliphatic heterocycles. The average molecular weight is 573 g/mol. The number of fused-ring (bicyclic) bond motifs is 2. The molecule has 0 saturated carbocycles. The molecular formula is C36H32N2O5. The third kappa shape index (κ3) is 5.27. The summed E-state index contributed by atoms with van der Waals surface area (Å²) in [7, 11) is 0. The van der Waals surface area contributed by atoms with Gasteiger partial charge in [0.05, 0.1) is 34.3 Å². The fourth-order valence-electron chi connectivity index (χ4n) is 6.16. The second-order valence-corrected chi connectivity index (χ2v) is 11.2.